The number of piperazine rings is 1. The van der Waals surface area contributed by atoms with Gasteiger partial charge >= 0.3 is 0 Å². The van der Waals surface area contributed by atoms with Crippen molar-refractivity contribution in [2.75, 3.05) is 26.2 Å². The van der Waals surface area contributed by atoms with Gasteiger partial charge in [-0.2, -0.15) is 0 Å². The van der Waals surface area contributed by atoms with Crippen LogP contribution < -0.4 is 5.73 Å². The molecule has 1 aliphatic heterocycles. The van der Waals surface area contributed by atoms with Gasteiger partial charge in [0, 0.05) is 60.6 Å². The van der Waals surface area contributed by atoms with E-state index in [0.717, 1.165) is 47.2 Å². The second-order valence-corrected chi connectivity index (χ2v) is 8.73. The molecular weight excluding hydrogens is 402 g/mol. The van der Waals surface area contributed by atoms with E-state index in [1.165, 1.54) is 11.1 Å². The monoisotopic (exact) mass is 429 g/mol. The van der Waals surface area contributed by atoms with E-state index in [9.17, 15) is 4.79 Å². The molecule has 2 N–H and O–H groups in total. The molecule has 1 aliphatic rings. The highest BCUT2D eigenvalue weighted by Crippen LogP contribution is 2.24. The zero-order valence-corrected chi connectivity index (χ0v) is 18.6. The molecule has 1 amide bonds. The first-order chi connectivity index (χ1) is 13.9. The molecule has 3 rings (SSSR count). The van der Waals surface area contributed by atoms with Crippen LogP contribution in [0, 0.1) is 6.92 Å². The largest absolute Gasteiger partial charge is 0.333 e. The van der Waals surface area contributed by atoms with Crippen LogP contribution in [0.25, 0.3) is 0 Å². The van der Waals surface area contributed by atoms with E-state index >= 15 is 0 Å². The molecule has 154 valence electrons. The predicted molar refractivity (Wildman–Crippen MR) is 124 cm³/mol. The van der Waals surface area contributed by atoms with Crippen LogP contribution >= 0.6 is 23.8 Å². The van der Waals surface area contributed by atoms with Crippen molar-refractivity contribution in [3.8, 4) is 0 Å². The van der Waals surface area contributed by atoms with Crippen molar-refractivity contribution < 1.29 is 4.79 Å². The lowest BCUT2D eigenvalue weighted by atomic mass is 9.98. The Balaban J connectivity index is 1.68. The molecule has 1 saturated heterocycles. The number of hydrogen-bond donors (Lipinski definition) is 1. The molecule has 1 heterocycles. The molecule has 0 aliphatic carbocycles. The Kier molecular flexibility index (Phi) is 7.41. The van der Waals surface area contributed by atoms with Gasteiger partial charge in [-0.1, -0.05) is 42.0 Å². The lowest BCUT2D eigenvalue weighted by Gasteiger charge is -2.40. The van der Waals surface area contributed by atoms with E-state index in [1.54, 1.807) is 0 Å². The molecule has 0 unspecified atom stereocenters. The maximum atomic E-state index is 12.8. The summed E-state index contributed by atoms with van der Waals surface area (Å²) < 4.78 is 0. The second kappa shape index (κ2) is 9.81. The Morgan fingerprint density at radius 2 is 1.90 bits per heavy atom. The molecule has 4 nitrogen and oxygen atoms in total. The Hall–Kier alpha value is -1.79. The third kappa shape index (κ3) is 5.43. The summed E-state index contributed by atoms with van der Waals surface area (Å²) in [6, 6.07) is 13.7. The lowest BCUT2D eigenvalue weighted by Crippen LogP contribution is -2.53. The van der Waals surface area contributed by atoms with Gasteiger partial charge in [0.2, 0.25) is 0 Å². The summed E-state index contributed by atoms with van der Waals surface area (Å²) in [6.45, 7) is 7.85. The van der Waals surface area contributed by atoms with Crippen molar-refractivity contribution in [2.24, 2.45) is 5.73 Å². The Morgan fingerprint density at radius 3 is 2.55 bits per heavy atom. The third-order valence-corrected chi connectivity index (χ3v) is 6.12. The van der Waals surface area contributed by atoms with Crippen molar-refractivity contribution in [1.29, 1.82) is 0 Å². The number of benzene rings is 2. The normalized spacial score (nSPS) is 17.4. The fourth-order valence-electron chi connectivity index (χ4n) is 3.90. The highest BCUT2D eigenvalue weighted by atomic mass is 35.5. The number of thiocarbonyl (C=S) groups is 1. The summed E-state index contributed by atoms with van der Waals surface area (Å²) >= 11 is 11.7. The molecule has 2 aromatic rings. The standard InChI is InChI=1S/C23H28ClN3OS/c1-16-14-26(8-9-27(16)23(28)18-6-4-3-5-7-18)15-20-11-21(24)10-19(17(20)2)12-22(29)13-25/h3-7,10-11,16H,8-9,12-15,25H2,1-2H3/t16-/m0/s1. The van der Waals surface area contributed by atoms with Crippen molar-refractivity contribution >= 4 is 34.6 Å². The number of carbonyl (C=O) groups excluding carboxylic acids is 1. The van der Waals surface area contributed by atoms with E-state index < -0.39 is 0 Å². The number of rotatable bonds is 6. The van der Waals surface area contributed by atoms with Crippen molar-refractivity contribution in [2.45, 2.75) is 32.9 Å². The number of halogens is 1. The fourth-order valence-corrected chi connectivity index (χ4v) is 4.31. The highest BCUT2D eigenvalue weighted by Gasteiger charge is 2.28. The SMILES string of the molecule is Cc1c(CC(=S)CN)cc(Cl)cc1CN1CCN(C(=O)c2ccccc2)[C@@H](C)C1. The Morgan fingerprint density at radius 1 is 1.21 bits per heavy atom. The predicted octanol–water partition coefficient (Wildman–Crippen LogP) is 3.87. The van der Waals surface area contributed by atoms with Crippen LogP contribution in [0.4, 0.5) is 0 Å². The summed E-state index contributed by atoms with van der Waals surface area (Å²) in [5.74, 6) is 0.106. The van der Waals surface area contributed by atoms with Gasteiger partial charge < -0.3 is 10.6 Å². The molecule has 29 heavy (non-hydrogen) atoms. The van der Waals surface area contributed by atoms with Gasteiger partial charge in [-0.15, -0.1) is 0 Å². The average Bonchev–Trinajstić information content (AvgIpc) is 2.71. The zero-order chi connectivity index (χ0) is 21.0. The minimum Gasteiger partial charge on any atom is -0.333 e. The van der Waals surface area contributed by atoms with Gasteiger partial charge in [0.15, 0.2) is 0 Å². The van der Waals surface area contributed by atoms with Gasteiger partial charge in [-0.3, -0.25) is 9.69 Å². The van der Waals surface area contributed by atoms with Crippen LogP contribution in [0.3, 0.4) is 0 Å². The van der Waals surface area contributed by atoms with Gasteiger partial charge in [0.05, 0.1) is 0 Å². The summed E-state index contributed by atoms with van der Waals surface area (Å²) in [5.41, 5.74) is 10.0. The minimum absolute atomic E-state index is 0.106. The van der Waals surface area contributed by atoms with Gasteiger partial charge in [0.25, 0.3) is 5.91 Å². The molecule has 0 spiro atoms. The van der Waals surface area contributed by atoms with Crippen molar-refractivity contribution in [3.05, 3.63) is 69.7 Å². The second-order valence-electron chi connectivity index (χ2n) is 7.72. The van der Waals surface area contributed by atoms with Crippen LogP contribution in [0.2, 0.25) is 5.02 Å². The molecule has 0 radical (unpaired) electrons. The summed E-state index contributed by atoms with van der Waals surface area (Å²) in [4.78, 5) is 18.0. The number of nitrogens with two attached hydrogens (primary N) is 1. The average molecular weight is 430 g/mol. The first-order valence-electron chi connectivity index (χ1n) is 9.97. The number of hydrogen-bond acceptors (Lipinski definition) is 4. The van der Waals surface area contributed by atoms with Crippen LogP contribution in [0.5, 0.6) is 0 Å². The molecule has 6 heteroatoms. The molecule has 1 fully saturated rings. The number of amides is 1. The Labute approximate surface area is 183 Å². The summed E-state index contributed by atoms with van der Waals surface area (Å²) in [6.07, 6.45) is 0.682. The van der Waals surface area contributed by atoms with Crippen LogP contribution in [-0.2, 0) is 13.0 Å². The maximum absolute atomic E-state index is 12.8. The fraction of sp³-hybridized carbons (Fsp3) is 0.391. The smallest absolute Gasteiger partial charge is 0.254 e. The maximum Gasteiger partial charge on any atom is 0.254 e. The van der Waals surface area contributed by atoms with E-state index in [1.807, 2.05) is 47.4 Å². The molecular formula is C23H28ClN3OS. The first kappa shape index (κ1) is 21.9. The molecule has 0 aromatic heterocycles. The van der Waals surface area contributed by atoms with Crippen molar-refractivity contribution in [1.82, 2.24) is 9.80 Å². The van der Waals surface area contributed by atoms with Crippen LogP contribution in [-0.4, -0.2) is 52.8 Å². The number of carbonyl (C=O) groups is 1. The quantitative estimate of drug-likeness (QED) is 0.708. The van der Waals surface area contributed by atoms with Crippen molar-refractivity contribution in [3.63, 3.8) is 0 Å². The summed E-state index contributed by atoms with van der Waals surface area (Å²) in [5, 5.41) is 0.728. The Bertz CT molecular complexity index is 887. The van der Waals surface area contributed by atoms with Crippen LogP contribution in [0.1, 0.15) is 34.0 Å². The highest BCUT2D eigenvalue weighted by molar-refractivity contribution is 7.80. The molecule has 2 aromatic carbocycles. The molecule has 0 saturated carbocycles. The van der Waals surface area contributed by atoms with E-state index in [4.69, 9.17) is 29.6 Å². The van der Waals surface area contributed by atoms with E-state index in [2.05, 4.69) is 18.7 Å². The van der Waals surface area contributed by atoms with Gasteiger partial charge in [0.1, 0.15) is 0 Å². The van der Waals surface area contributed by atoms with E-state index in [-0.39, 0.29) is 11.9 Å². The first-order valence-corrected chi connectivity index (χ1v) is 10.8. The summed E-state index contributed by atoms with van der Waals surface area (Å²) in [7, 11) is 0. The number of nitrogens with zero attached hydrogens (tertiary/aromatic N) is 2. The third-order valence-electron chi connectivity index (χ3n) is 5.59. The van der Waals surface area contributed by atoms with E-state index in [0.29, 0.717) is 13.0 Å². The zero-order valence-electron chi connectivity index (χ0n) is 17.0. The molecule has 0 bridgehead atoms. The lowest BCUT2D eigenvalue weighted by molar-refractivity contribution is 0.0475. The van der Waals surface area contributed by atoms with Gasteiger partial charge in [-0.25, -0.2) is 0 Å². The van der Waals surface area contributed by atoms with Gasteiger partial charge in [-0.05, 0) is 54.8 Å². The van der Waals surface area contributed by atoms with Crippen LogP contribution in [0.15, 0.2) is 42.5 Å². The topological polar surface area (TPSA) is 49.6 Å². The molecule has 1 atom stereocenters. The minimum atomic E-state index is 0.106.